The van der Waals surface area contributed by atoms with Gasteiger partial charge in [-0.1, -0.05) is 29.8 Å². The van der Waals surface area contributed by atoms with E-state index >= 15 is 0 Å². The van der Waals surface area contributed by atoms with Crippen molar-refractivity contribution in [1.29, 1.82) is 5.26 Å². The third-order valence-electron chi connectivity index (χ3n) is 4.71. The molecule has 0 aliphatic rings. The molecule has 32 heavy (non-hydrogen) atoms. The second-order valence-electron chi connectivity index (χ2n) is 6.65. The average molecular weight is 454 g/mol. The predicted molar refractivity (Wildman–Crippen MR) is 122 cm³/mol. The summed E-state index contributed by atoms with van der Waals surface area (Å²) in [5, 5.41) is 9.98. The van der Waals surface area contributed by atoms with Gasteiger partial charge in [-0.3, -0.25) is 0 Å². The largest absolute Gasteiger partial charge is 0.493 e. The van der Waals surface area contributed by atoms with Crippen molar-refractivity contribution in [1.82, 2.24) is 0 Å². The molecule has 0 bridgehead atoms. The van der Waals surface area contributed by atoms with Crippen molar-refractivity contribution < 1.29 is 23.3 Å². The van der Waals surface area contributed by atoms with Crippen LogP contribution in [-0.4, -0.2) is 21.3 Å². The van der Waals surface area contributed by atoms with Crippen molar-refractivity contribution >= 4 is 23.3 Å². The molecule has 3 aromatic rings. The minimum absolute atomic E-state index is 0.00692. The van der Waals surface area contributed by atoms with Crippen LogP contribution in [0.4, 0.5) is 4.39 Å². The number of allylic oxidation sites excluding steroid dienone is 1. The zero-order valence-corrected chi connectivity index (χ0v) is 18.6. The Morgan fingerprint density at radius 2 is 1.69 bits per heavy atom. The summed E-state index contributed by atoms with van der Waals surface area (Å²) in [6.45, 7) is -0.00692. The molecule has 0 aliphatic heterocycles. The summed E-state index contributed by atoms with van der Waals surface area (Å²) in [6.07, 6.45) is 1.68. The number of hydrogen-bond acceptors (Lipinski definition) is 5. The van der Waals surface area contributed by atoms with Crippen molar-refractivity contribution in [2.45, 2.75) is 6.61 Å². The molecule has 3 rings (SSSR count). The van der Waals surface area contributed by atoms with Gasteiger partial charge in [0.25, 0.3) is 0 Å². The Hall–Kier alpha value is -3.69. The highest BCUT2D eigenvalue weighted by Crippen LogP contribution is 2.38. The van der Waals surface area contributed by atoms with Gasteiger partial charge in [-0.05, 0) is 53.6 Å². The Morgan fingerprint density at radius 3 is 2.34 bits per heavy atom. The first-order valence-corrected chi connectivity index (χ1v) is 9.96. The summed E-state index contributed by atoms with van der Waals surface area (Å²) in [4.78, 5) is 0. The summed E-state index contributed by atoms with van der Waals surface area (Å²) in [5.74, 6) is 1.37. The van der Waals surface area contributed by atoms with E-state index in [1.165, 1.54) is 20.3 Å². The molecular weight excluding hydrogens is 433 g/mol. The first-order valence-electron chi connectivity index (χ1n) is 9.58. The molecule has 0 aromatic heterocycles. The van der Waals surface area contributed by atoms with E-state index < -0.39 is 0 Å². The van der Waals surface area contributed by atoms with E-state index in [0.29, 0.717) is 45.3 Å². The van der Waals surface area contributed by atoms with Gasteiger partial charge in [0.1, 0.15) is 12.4 Å². The molecule has 5 nitrogen and oxygen atoms in total. The van der Waals surface area contributed by atoms with Gasteiger partial charge >= 0.3 is 0 Å². The highest BCUT2D eigenvalue weighted by Gasteiger charge is 2.14. The second-order valence-corrected chi connectivity index (χ2v) is 7.06. The Bertz CT molecular complexity index is 1190. The standard InChI is InChI=1S/C25H21ClFNO4/c1-29-22-9-8-17(13-23(22)30-2)19(14-28)10-16-11-20(26)25(24(12-16)31-3)32-15-18-6-4-5-7-21(18)27/h4-13H,15H2,1-3H3/b19-10+. The molecule has 0 N–H and O–H groups in total. The SMILES string of the molecule is COc1ccc(/C(C#N)=C/c2cc(Cl)c(OCc3ccccc3F)c(OC)c2)cc1OC. The number of ether oxygens (including phenoxy) is 4. The Morgan fingerprint density at radius 1 is 0.969 bits per heavy atom. The Labute approximate surface area is 191 Å². The van der Waals surface area contributed by atoms with Gasteiger partial charge in [0.05, 0.1) is 38.0 Å². The second kappa shape index (κ2) is 10.6. The molecule has 0 unspecified atom stereocenters. The normalized spacial score (nSPS) is 10.9. The Balaban J connectivity index is 1.93. The molecule has 0 radical (unpaired) electrons. The molecule has 0 amide bonds. The van der Waals surface area contributed by atoms with Gasteiger partial charge in [-0.15, -0.1) is 0 Å². The van der Waals surface area contributed by atoms with E-state index in [1.54, 1.807) is 61.7 Å². The lowest BCUT2D eigenvalue weighted by molar-refractivity contribution is 0.280. The number of methoxy groups -OCH3 is 3. The topological polar surface area (TPSA) is 60.7 Å². The van der Waals surface area contributed by atoms with Crippen LogP contribution in [0.5, 0.6) is 23.0 Å². The van der Waals surface area contributed by atoms with Gasteiger partial charge < -0.3 is 18.9 Å². The van der Waals surface area contributed by atoms with E-state index in [4.69, 9.17) is 30.5 Å². The van der Waals surface area contributed by atoms with Gasteiger partial charge in [-0.25, -0.2) is 4.39 Å². The smallest absolute Gasteiger partial charge is 0.180 e. The molecule has 0 spiro atoms. The van der Waals surface area contributed by atoms with E-state index in [-0.39, 0.29) is 17.4 Å². The number of rotatable bonds is 8. The van der Waals surface area contributed by atoms with Crippen LogP contribution in [0.25, 0.3) is 11.6 Å². The summed E-state index contributed by atoms with van der Waals surface area (Å²) >= 11 is 6.43. The summed E-state index contributed by atoms with van der Waals surface area (Å²) in [7, 11) is 4.55. The van der Waals surface area contributed by atoms with Crippen molar-refractivity contribution in [3.8, 4) is 29.1 Å². The molecule has 3 aromatic carbocycles. The van der Waals surface area contributed by atoms with Crippen molar-refractivity contribution in [2.24, 2.45) is 0 Å². The molecule has 0 aliphatic carbocycles. The van der Waals surface area contributed by atoms with E-state index in [2.05, 4.69) is 6.07 Å². The van der Waals surface area contributed by atoms with Crippen molar-refractivity contribution in [2.75, 3.05) is 21.3 Å². The van der Waals surface area contributed by atoms with Crippen LogP contribution < -0.4 is 18.9 Å². The highest BCUT2D eigenvalue weighted by atomic mass is 35.5. The zero-order valence-electron chi connectivity index (χ0n) is 17.8. The molecule has 0 atom stereocenters. The molecular formula is C25H21ClFNO4. The number of nitrogens with zero attached hydrogens (tertiary/aromatic N) is 1. The third kappa shape index (κ3) is 5.13. The molecule has 164 valence electrons. The number of halogens is 2. The van der Waals surface area contributed by atoms with Crippen LogP contribution in [0.3, 0.4) is 0 Å². The van der Waals surface area contributed by atoms with Crippen LogP contribution >= 0.6 is 11.6 Å². The maximum atomic E-state index is 13.9. The minimum atomic E-state index is -0.365. The zero-order chi connectivity index (χ0) is 23.1. The molecule has 7 heteroatoms. The van der Waals surface area contributed by atoms with Gasteiger partial charge in [0, 0.05) is 5.56 Å². The molecule has 0 saturated carbocycles. The van der Waals surface area contributed by atoms with Crippen molar-refractivity contribution in [3.05, 3.63) is 82.1 Å². The van der Waals surface area contributed by atoms with Gasteiger partial charge in [-0.2, -0.15) is 5.26 Å². The maximum absolute atomic E-state index is 13.9. The van der Waals surface area contributed by atoms with Crippen LogP contribution in [0, 0.1) is 17.1 Å². The molecule has 0 fully saturated rings. The van der Waals surface area contributed by atoms with Gasteiger partial charge in [0.15, 0.2) is 23.0 Å². The fourth-order valence-electron chi connectivity index (χ4n) is 3.08. The van der Waals surface area contributed by atoms with Crippen LogP contribution in [0.15, 0.2) is 54.6 Å². The van der Waals surface area contributed by atoms with Crippen LogP contribution in [-0.2, 0) is 6.61 Å². The quantitative estimate of drug-likeness (QED) is 0.302. The monoisotopic (exact) mass is 453 g/mol. The van der Waals surface area contributed by atoms with E-state index in [9.17, 15) is 9.65 Å². The summed E-state index contributed by atoms with van der Waals surface area (Å²) in [6, 6.07) is 17.1. The fourth-order valence-corrected chi connectivity index (χ4v) is 3.35. The third-order valence-corrected chi connectivity index (χ3v) is 4.99. The summed E-state index contributed by atoms with van der Waals surface area (Å²) in [5.41, 5.74) is 2.08. The number of benzene rings is 3. The lowest BCUT2D eigenvalue weighted by atomic mass is 10.0. The minimum Gasteiger partial charge on any atom is -0.493 e. The lowest BCUT2D eigenvalue weighted by Crippen LogP contribution is -2.01. The summed E-state index contributed by atoms with van der Waals surface area (Å²) < 4.78 is 35.6. The molecule has 0 heterocycles. The van der Waals surface area contributed by atoms with E-state index in [0.717, 1.165) is 0 Å². The first-order chi connectivity index (χ1) is 15.5. The predicted octanol–water partition coefficient (Wildman–Crippen LogP) is 6.15. The van der Waals surface area contributed by atoms with E-state index in [1.807, 2.05) is 0 Å². The number of nitriles is 1. The Kier molecular flexibility index (Phi) is 7.58. The maximum Gasteiger partial charge on any atom is 0.180 e. The van der Waals surface area contributed by atoms with Crippen LogP contribution in [0.2, 0.25) is 5.02 Å². The van der Waals surface area contributed by atoms with Gasteiger partial charge in [0.2, 0.25) is 0 Å². The highest BCUT2D eigenvalue weighted by molar-refractivity contribution is 6.32. The van der Waals surface area contributed by atoms with Crippen molar-refractivity contribution in [3.63, 3.8) is 0 Å². The fraction of sp³-hybridized carbons (Fsp3) is 0.160. The first kappa shape index (κ1) is 23.0. The number of hydrogen-bond donors (Lipinski definition) is 0. The van der Waals surface area contributed by atoms with Crippen LogP contribution in [0.1, 0.15) is 16.7 Å². The average Bonchev–Trinajstić information content (AvgIpc) is 2.82. The lowest BCUT2D eigenvalue weighted by Gasteiger charge is -2.14. The molecule has 0 saturated heterocycles.